The topological polar surface area (TPSA) is 58.0 Å². The number of rotatable bonds is 15. The summed E-state index contributed by atoms with van der Waals surface area (Å²) in [6, 6.07) is 33.1. The van der Waals surface area contributed by atoms with Gasteiger partial charge in [-0.25, -0.2) is 4.98 Å². The Bertz CT molecular complexity index is 1630. The first-order chi connectivity index (χ1) is 22.1. The van der Waals surface area contributed by atoms with E-state index >= 15 is 0 Å². The summed E-state index contributed by atoms with van der Waals surface area (Å²) in [7, 11) is 6.71. The van der Waals surface area contributed by atoms with Crippen molar-refractivity contribution in [2.75, 3.05) is 28.4 Å². The molecular formula is C38H43N3O4. The second kappa shape index (κ2) is 15.3. The molecule has 0 saturated carbocycles. The fourth-order valence-corrected chi connectivity index (χ4v) is 5.66. The van der Waals surface area contributed by atoms with E-state index in [1.54, 1.807) is 28.4 Å². The molecule has 0 fully saturated rings. The zero-order valence-electron chi connectivity index (χ0n) is 27.0. The highest BCUT2D eigenvalue weighted by Gasteiger charge is 2.24. The Morgan fingerprint density at radius 2 is 1.24 bits per heavy atom. The van der Waals surface area contributed by atoms with Gasteiger partial charge < -0.3 is 23.5 Å². The first-order valence-corrected chi connectivity index (χ1v) is 15.4. The molecule has 45 heavy (non-hydrogen) atoms. The van der Waals surface area contributed by atoms with Crippen molar-refractivity contribution in [1.82, 2.24) is 14.5 Å². The quantitative estimate of drug-likeness (QED) is 0.120. The molecule has 5 rings (SSSR count). The van der Waals surface area contributed by atoms with Gasteiger partial charge in [-0.1, -0.05) is 86.1 Å². The standard InChI is InChI=1S/C38H43N3O4/c1-6-7-22-41-34(37(29-14-10-8-11-15-29)39-38(41)30-16-12-9-13-17-30)27-40(25-28-18-20-31(42-2)21-19-28)26-33-35(44-4)23-32(43-3)24-36(33)45-5/h8-21,23-24H,6-7,22,25-27H2,1-5H3. The van der Waals surface area contributed by atoms with E-state index in [2.05, 4.69) is 77.1 Å². The number of methoxy groups -OCH3 is 4. The van der Waals surface area contributed by atoms with Crippen molar-refractivity contribution in [3.8, 4) is 45.6 Å². The predicted molar refractivity (Wildman–Crippen MR) is 180 cm³/mol. The van der Waals surface area contributed by atoms with Crippen molar-refractivity contribution in [3.05, 3.63) is 114 Å². The molecule has 0 radical (unpaired) electrons. The Hall–Kier alpha value is -4.75. The molecular weight excluding hydrogens is 562 g/mol. The summed E-state index contributed by atoms with van der Waals surface area (Å²) in [6.45, 7) is 5.03. The van der Waals surface area contributed by atoms with Gasteiger partial charge in [0, 0.05) is 49.4 Å². The van der Waals surface area contributed by atoms with Crippen LogP contribution >= 0.6 is 0 Å². The van der Waals surface area contributed by atoms with Gasteiger partial charge in [0.2, 0.25) is 0 Å². The maximum absolute atomic E-state index is 5.87. The SMILES string of the molecule is CCCCn1c(-c2ccccc2)nc(-c2ccccc2)c1CN(Cc1ccc(OC)cc1)Cc1c(OC)cc(OC)cc1OC. The number of nitrogens with zero attached hydrogens (tertiary/aromatic N) is 3. The average molecular weight is 606 g/mol. The third-order valence-corrected chi connectivity index (χ3v) is 8.02. The highest BCUT2D eigenvalue weighted by molar-refractivity contribution is 5.68. The van der Waals surface area contributed by atoms with Gasteiger partial charge in [0.15, 0.2) is 0 Å². The normalized spacial score (nSPS) is 11.1. The summed E-state index contributed by atoms with van der Waals surface area (Å²) in [5.74, 6) is 3.95. The lowest BCUT2D eigenvalue weighted by Crippen LogP contribution is -2.25. The van der Waals surface area contributed by atoms with Crippen LogP contribution in [0.2, 0.25) is 0 Å². The van der Waals surface area contributed by atoms with Crippen LogP contribution < -0.4 is 18.9 Å². The van der Waals surface area contributed by atoms with Gasteiger partial charge in [0.25, 0.3) is 0 Å². The summed E-state index contributed by atoms with van der Waals surface area (Å²) >= 11 is 0. The fourth-order valence-electron chi connectivity index (χ4n) is 5.66. The second-order valence-electron chi connectivity index (χ2n) is 11.0. The van der Waals surface area contributed by atoms with E-state index in [4.69, 9.17) is 23.9 Å². The molecule has 0 aliphatic carbocycles. The van der Waals surface area contributed by atoms with E-state index in [0.29, 0.717) is 25.4 Å². The smallest absolute Gasteiger partial charge is 0.140 e. The van der Waals surface area contributed by atoms with E-state index < -0.39 is 0 Å². The molecule has 0 amide bonds. The van der Waals surface area contributed by atoms with Gasteiger partial charge >= 0.3 is 0 Å². The van der Waals surface area contributed by atoms with Crippen molar-refractivity contribution < 1.29 is 18.9 Å². The molecule has 7 nitrogen and oxygen atoms in total. The van der Waals surface area contributed by atoms with Crippen molar-refractivity contribution in [2.24, 2.45) is 0 Å². The lowest BCUT2D eigenvalue weighted by atomic mass is 10.1. The summed E-state index contributed by atoms with van der Waals surface area (Å²) in [5, 5.41) is 0. The Morgan fingerprint density at radius 3 is 1.80 bits per heavy atom. The maximum Gasteiger partial charge on any atom is 0.140 e. The summed E-state index contributed by atoms with van der Waals surface area (Å²) in [6.07, 6.45) is 2.14. The Labute approximate surface area is 267 Å². The van der Waals surface area contributed by atoms with E-state index in [9.17, 15) is 0 Å². The first kappa shape index (κ1) is 31.7. The maximum atomic E-state index is 5.87. The molecule has 0 aliphatic heterocycles. The minimum absolute atomic E-state index is 0.580. The molecule has 0 atom stereocenters. The minimum atomic E-state index is 0.580. The third kappa shape index (κ3) is 7.49. The summed E-state index contributed by atoms with van der Waals surface area (Å²) in [4.78, 5) is 7.76. The van der Waals surface area contributed by atoms with Crippen LogP contribution in [0.3, 0.4) is 0 Å². The molecule has 0 saturated heterocycles. The van der Waals surface area contributed by atoms with E-state index in [0.717, 1.165) is 64.8 Å². The Balaban J connectivity index is 1.65. The molecule has 4 aromatic carbocycles. The number of imidazole rings is 1. The number of unbranched alkanes of at least 4 members (excludes halogenated alkanes) is 1. The number of benzene rings is 4. The number of ether oxygens (including phenoxy) is 4. The first-order valence-electron chi connectivity index (χ1n) is 15.4. The van der Waals surface area contributed by atoms with Gasteiger partial charge in [-0.3, -0.25) is 4.90 Å². The summed E-state index contributed by atoms with van der Waals surface area (Å²) in [5.41, 5.74) is 6.51. The Kier molecular flexibility index (Phi) is 10.8. The molecule has 1 heterocycles. The average Bonchev–Trinajstić information content (AvgIpc) is 3.45. The van der Waals surface area contributed by atoms with E-state index in [-0.39, 0.29) is 0 Å². The van der Waals surface area contributed by atoms with Gasteiger partial charge in [0.1, 0.15) is 28.8 Å². The molecule has 5 aromatic rings. The van der Waals surface area contributed by atoms with E-state index in [1.807, 2.05) is 36.4 Å². The predicted octanol–water partition coefficient (Wildman–Crippen LogP) is 8.25. The monoisotopic (exact) mass is 605 g/mol. The van der Waals surface area contributed by atoms with Crippen molar-refractivity contribution in [1.29, 1.82) is 0 Å². The summed E-state index contributed by atoms with van der Waals surface area (Å²) < 4.78 is 25.1. The Morgan fingerprint density at radius 1 is 0.644 bits per heavy atom. The molecule has 7 heteroatoms. The van der Waals surface area contributed by atoms with Gasteiger partial charge in [0.05, 0.1) is 45.4 Å². The highest BCUT2D eigenvalue weighted by Crippen LogP contribution is 2.37. The van der Waals surface area contributed by atoms with Crippen LogP contribution in [0, 0.1) is 0 Å². The highest BCUT2D eigenvalue weighted by atomic mass is 16.5. The number of hydrogen-bond donors (Lipinski definition) is 0. The molecule has 0 aliphatic rings. The van der Waals surface area contributed by atoms with Crippen LogP contribution in [-0.4, -0.2) is 42.9 Å². The second-order valence-corrected chi connectivity index (χ2v) is 11.0. The van der Waals surface area contributed by atoms with Crippen molar-refractivity contribution in [2.45, 2.75) is 45.9 Å². The fraction of sp³-hybridized carbons (Fsp3) is 0.289. The van der Waals surface area contributed by atoms with Crippen molar-refractivity contribution in [3.63, 3.8) is 0 Å². The molecule has 1 aromatic heterocycles. The lowest BCUT2D eigenvalue weighted by Gasteiger charge is -2.26. The molecule has 0 bridgehead atoms. The van der Waals surface area contributed by atoms with Crippen LogP contribution in [0.5, 0.6) is 23.0 Å². The van der Waals surface area contributed by atoms with Gasteiger partial charge in [-0.2, -0.15) is 0 Å². The minimum Gasteiger partial charge on any atom is -0.497 e. The van der Waals surface area contributed by atoms with Crippen LogP contribution in [0.1, 0.15) is 36.6 Å². The third-order valence-electron chi connectivity index (χ3n) is 8.02. The largest absolute Gasteiger partial charge is 0.497 e. The number of hydrogen-bond acceptors (Lipinski definition) is 6. The van der Waals surface area contributed by atoms with Crippen LogP contribution in [0.4, 0.5) is 0 Å². The lowest BCUT2D eigenvalue weighted by molar-refractivity contribution is 0.233. The zero-order valence-corrected chi connectivity index (χ0v) is 27.0. The van der Waals surface area contributed by atoms with Gasteiger partial charge in [-0.15, -0.1) is 0 Å². The van der Waals surface area contributed by atoms with Gasteiger partial charge in [-0.05, 0) is 24.1 Å². The zero-order chi connectivity index (χ0) is 31.6. The van der Waals surface area contributed by atoms with E-state index in [1.165, 1.54) is 11.3 Å². The molecule has 0 unspecified atom stereocenters. The van der Waals surface area contributed by atoms with Crippen LogP contribution in [0.15, 0.2) is 97.1 Å². The van der Waals surface area contributed by atoms with Crippen molar-refractivity contribution >= 4 is 0 Å². The van der Waals surface area contributed by atoms with Crippen LogP contribution in [-0.2, 0) is 26.2 Å². The molecule has 0 N–H and O–H groups in total. The van der Waals surface area contributed by atoms with Crippen LogP contribution in [0.25, 0.3) is 22.6 Å². The number of aromatic nitrogens is 2. The molecule has 234 valence electrons. The molecule has 0 spiro atoms.